The number of carbonyl (C=O) groups is 1. The van der Waals surface area contributed by atoms with Crippen LogP contribution >= 0.6 is 12.4 Å². The lowest BCUT2D eigenvalue weighted by Gasteiger charge is -2.35. The van der Waals surface area contributed by atoms with Crippen molar-refractivity contribution in [2.75, 3.05) is 26.7 Å². The molecule has 1 saturated carbocycles. The molecule has 0 atom stereocenters. The normalized spacial score (nSPS) is 22.9. The van der Waals surface area contributed by atoms with Crippen molar-refractivity contribution in [2.45, 2.75) is 57.0 Å². The molecular weight excluding hydrogens is 276 g/mol. The van der Waals surface area contributed by atoms with Crippen LogP contribution in [0.5, 0.6) is 0 Å². The lowest BCUT2D eigenvalue weighted by atomic mass is 9.87. The topological polar surface area (TPSA) is 50.4 Å². The zero-order valence-electron chi connectivity index (χ0n) is 12.6. The summed E-state index contributed by atoms with van der Waals surface area (Å²) in [6.07, 6.45) is 9.49. The van der Waals surface area contributed by atoms with E-state index in [4.69, 9.17) is 4.74 Å². The molecule has 0 bridgehead atoms. The van der Waals surface area contributed by atoms with Crippen molar-refractivity contribution in [3.05, 3.63) is 0 Å². The van der Waals surface area contributed by atoms with E-state index in [1.165, 1.54) is 32.1 Å². The number of nitrogens with one attached hydrogen (secondary N) is 2. The SMILES string of the molecule is COC1(C(=O)NCCC2CCCCC2)CCNCC1.Cl. The molecule has 0 radical (unpaired) electrons. The summed E-state index contributed by atoms with van der Waals surface area (Å²) in [6, 6.07) is 0. The number of halogens is 1. The van der Waals surface area contributed by atoms with Crippen molar-refractivity contribution in [2.24, 2.45) is 5.92 Å². The lowest BCUT2D eigenvalue weighted by Crippen LogP contribution is -2.54. The lowest BCUT2D eigenvalue weighted by molar-refractivity contribution is -0.146. The van der Waals surface area contributed by atoms with Gasteiger partial charge in [0.25, 0.3) is 5.91 Å². The van der Waals surface area contributed by atoms with Crippen LogP contribution in [0.4, 0.5) is 0 Å². The largest absolute Gasteiger partial charge is 0.368 e. The number of methoxy groups -OCH3 is 1. The van der Waals surface area contributed by atoms with E-state index in [1.54, 1.807) is 7.11 Å². The molecule has 0 aromatic heterocycles. The highest BCUT2D eigenvalue weighted by Crippen LogP contribution is 2.26. The Labute approximate surface area is 128 Å². The van der Waals surface area contributed by atoms with Crippen LogP contribution in [0.25, 0.3) is 0 Å². The standard InChI is InChI=1S/C15H28N2O2.ClH/c1-19-15(8-11-16-12-9-15)14(18)17-10-7-13-5-3-2-4-6-13;/h13,16H,2-12H2,1H3,(H,17,18);1H. The van der Waals surface area contributed by atoms with E-state index in [0.29, 0.717) is 0 Å². The van der Waals surface area contributed by atoms with Crippen molar-refractivity contribution in [1.29, 1.82) is 0 Å². The van der Waals surface area contributed by atoms with Gasteiger partial charge in [0, 0.05) is 13.7 Å². The molecule has 1 aliphatic carbocycles. The van der Waals surface area contributed by atoms with Crippen LogP contribution < -0.4 is 10.6 Å². The van der Waals surface area contributed by atoms with Gasteiger partial charge in [0.1, 0.15) is 5.60 Å². The molecule has 1 saturated heterocycles. The molecule has 4 nitrogen and oxygen atoms in total. The molecule has 1 amide bonds. The molecule has 0 spiro atoms. The summed E-state index contributed by atoms with van der Waals surface area (Å²) in [4.78, 5) is 12.3. The third-order valence-electron chi connectivity index (χ3n) is 4.78. The quantitative estimate of drug-likeness (QED) is 0.819. The first-order valence-corrected chi connectivity index (χ1v) is 7.81. The second-order valence-electron chi connectivity index (χ2n) is 6.00. The molecule has 0 aromatic carbocycles. The number of rotatable bonds is 5. The van der Waals surface area contributed by atoms with Gasteiger partial charge >= 0.3 is 0 Å². The maximum atomic E-state index is 12.3. The highest BCUT2D eigenvalue weighted by Gasteiger charge is 2.39. The van der Waals surface area contributed by atoms with Crippen LogP contribution in [0.2, 0.25) is 0 Å². The number of piperidine rings is 1. The van der Waals surface area contributed by atoms with Crippen LogP contribution in [-0.4, -0.2) is 38.3 Å². The van der Waals surface area contributed by atoms with Crippen LogP contribution in [-0.2, 0) is 9.53 Å². The summed E-state index contributed by atoms with van der Waals surface area (Å²) in [5.41, 5.74) is -0.586. The van der Waals surface area contributed by atoms with E-state index in [-0.39, 0.29) is 18.3 Å². The number of amides is 1. The third-order valence-corrected chi connectivity index (χ3v) is 4.78. The van der Waals surface area contributed by atoms with Gasteiger partial charge in [0.2, 0.25) is 0 Å². The highest BCUT2D eigenvalue weighted by molar-refractivity contribution is 5.85. The highest BCUT2D eigenvalue weighted by atomic mass is 35.5. The average molecular weight is 305 g/mol. The summed E-state index contributed by atoms with van der Waals surface area (Å²) in [6.45, 7) is 2.54. The van der Waals surface area contributed by atoms with E-state index in [9.17, 15) is 4.79 Å². The molecule has 20 heavy (non-hydrogen) atoms. The smallest absolute Gasteiger partial charge is 0.252 e. The first kappa shape index (κ1) is 17.7. The second-order valence-corrected chi connectivity index (χ2v) is 6.00. The fraction of sp³-hybridized carbons (Fsp3) is 0.933. The van der Waals surface area contributed by atoms with Gasteiger partial charge in [-0.05, 0) is 38.3 Å². The summed E-state index contributed by atoms with van der Waals surface area (Å²) in [7, 11) is 1.66. The molecule has 5 heteroatoms. The molecule has 2 fully saturated rings. The van der Waals surface area contributed by atoms with E-state index < -0.39 is 5.60 Å². The first-order chi connectivity index (χ1) is 9.27. The van der Waals surface area contributed by atoms with Gasteiger partial charge in [0.05, 0.1) is 0 Å². The minimum Gasteiger partial charge on any atom is -0.368 e. The Morgan fingerprint density at radius 1 is 1.25 bits per heavy atom. The Kier molecular flexibility index (Phi) is 7.85. The Balaban J connectivity index is 0.00000200. The zero-order valence-corrected chi connectivity index (χ0v) is 13.4. The van der Waals surface area contributed by atoms with Crippen molar-refractivity contribution >= 4 is 18.3 Å². The Bertz CT molecular complexity index is 288. The van der Waals surface area contributed by atoms with Crippen molar-refractivity contribution in [3.8, 4) is 0 Å². The Hall–Kier alpha value is -0.320. The van der Waals surface area contributed by atoms with E-state index in [0.717, 1.165) is 44.8 Å². The third kappa shape index (κ3) is 4.61. The fourth-order valence-corrected chi connectivity index (χ4v) is 3.38. The zero-order chi connectivity index (χ0) is 13.6. The molecule has 2 N–H and O–H groups in total. The number of hydrogen-bond donors (Lipinski definition) is 2. The van der Waals surface area contributed by atoms with Crippen molar-refractivity contribution in [1.82, 2.24) is 10.6 Å². The maximum absolute atomic E-state index is 12.3. The molecule has 2 aliphatic rings. The minimum atomic E-state index is -0.586. The average Bonchev–Trinajstić information content (AvgIpc) is 2.49. The molecule has 1 heterocycles. The summed E-state index contributed by atoms with van der Waals surface area (Å²) in [5, 5.41) is 6.38. The molecule has 0 aromatic rings. The molecular formula is C15H29ClN2O2. The van der Waals surface area contributed by atoms with Gasteiger partial charge in [-0.15, -0.1) is 12.4 Å². The van der Waals surface area contributed by atoms with E-state index in [1.807, 2.05) is 0 Å². The molecule has 2 rings (SSSR count). The number of hydrogen-bond acceptors (Lipinski definition) is 3. The van der Waals surface area contributed by atoms with Gasteiger partial charge in [-0.2, -0.15) is 0 Å². The van der Waals surface area contributed by atoms with E-state index >= 15 is 0 Å². The number of ether oxygens (including phenoxy) is 1. The van der Waals surface area contributed by atoms with Gasteiger partial charge in [-0.1, -0.05) is 32.1 Å². The predicted octanol–water partition coefficient (Wildman–Crippen LogP) is 2.26. The van der Waals surface area contributed by atoms with Crippen LogP contribution in [0.1, 0.15) is 51.4 Å². The van der Waals surface area contributed by atoms with Crippen LogP contribution in [0.3, 0.4) is 0 Å². The monoisotopic (exact) mass is 304 g/mol. The molecule has 0 unspecified atom stereocenters. The van der Waals surface area contributed by atoms with Gasteiger partial charge in [-0.3, -0.25) is 4.79 Å². The minimum absolute atomic E-state index is 0. The second kappa shape index (κ2) is 8.85. The molecule has 118 valence electrons. The number of carbonyl (C=O) groups excluding carboxylic acids is 1. The summed E-state index contributed by atoms with van der Waals surface area (Å²) in [5.74, 6) is 0.910. The van der Waals surface area contributed by atoms with Crippen LogP contribution in [0, 0.1) is 5.92 Å². The molecule has 1 aliphatic heterocycles. The van der Waals surface area contributed by atoms with E-state index in [2.05, 4.69) is 10.6 Å². The van der Waals surface area contributed by atoms with Gasteiger partial charge in [0.15, 0.2) is 0 Å². The van der Waals surface area contributed by atoms with Crippen molar-refractivity contribution < 1.29 is 9.53 Å². The first-order valence-electron chi connectivity index (χ1n) is 7.81. The fourth-order valence-electron chi connectivity index (χ4n) is 3.38. The predicted molar refractivity (Wildman–Crippen MR) is 83.3 cm³/mol. The Morgan fingerprint density at radius 2 is 1.90 bits per heavy atom. The Morgan fingerprint density at radius 3 is 2.50 bits per heavy atom. The summed E-state index contributed by atoms with van der Waals surface area (Å²) >= 11 is 0. The summed E-state index contributed by atoms with van der Waals surface area (Å²) < 4.78 is 5.53. The van der Waals surface area contributed by atoms with Crippen molar-refractivity contribution in [3.63, 3.8) is 0 Å². The van der Waals surface area contributed by atoms with Gasteiger partial charge < -0.3 is 15.4 Å². The maximum Gasteiger partial charge on any atom is 0.252 e. The van der Waals surface area contributed by atoms with Crippen LogP contribution in [0.15, 0.2) is 0 Å². The van der Waals surface area contributed by atoms with Gasteiger partial charge in [-0.25, -0.2) is 0 Å².